The molecule has 0 bridgehead atoms. The number of rotatable bonds is 11. The number of H-pyrrole nitrogens is 1. The zero-order valence-corrected chi connectivity index (χ0v) is 25.9. The second kappa shape index (κ2) is 14.5. The number of nitrogens with one attached hydrogen (secondary N) is 3. The van der Waals surface area contributed by atoms with Crippen molar-refractivity contribution in [3.05, 3.63) is 35.5 Å². The molecule has 1 aliphatic heterocycles. The Hall–Kier alpha value is -3.60. The lowest BCUT2D eigenvalue weighted by atomic mass is 9.97. The summed E-state index contributed by atoms with van der Waals surface area (Å²) in [6.07, 6.45) is 2.52. The maximum absolute atomic E-state index is 13.6. The zero-order valence-electron chi connectivity index (χ0n) is 25.9. The minimum Gasteiger partial charge on any atom is -0.467 e. The van der Waals surface area contributed by atoms with Crippen LogP contribution in [0.25, 0.3) is 10.9 Å². The summed E-state index contributed by atoms with van der Waals surface area (Å²) < 4.78 is 16.3. The van der Waals surface area contributed by atoms with Crippen molar-refractivity contribution in [3.8, 4) is 0 Å². The molecule has 3 N–H and O–H groups in total. The fourth-order valence-corrected chi connectivity index (χ4v) is 4.92. The summed E-state index contributed by atoms with van der Waals surface area (Å²) in [5, 5.41) is 6.64. The molecule has 1 aromatic heterocycles. The number of ether oxygens (including phenoxy) is 3. The number of aryl methyl sites for hydroxylation is 1. The van der Waals surface area contributed by atoms with Crippen LogP contribution in [-0.4, -0.2) is 77.9 Å². The first-order chi connectivity index (χ1) is 19.8. The highest BCUT2D eigenvalue weighted by molar-refractivity contribution is 5.92. The second-order valence-electron chi connectivity index (χ2n) is 12.0. The van der Waals surface area contributed by atoms with Gasteiger partial charge < -0.3 is 29.8 Å². The molecule has 1 saturated heterocycles. The Balaban J connectivity index is 1.76. The molecule has 0 spiro atoms. The molecule has 2 aromatic rings. The number of amides is 3. The van der Waals surface area contributed by atoms with E-state index in [-0.39, 0.29) is 31.1 Å². The van der Waals surface area contributed by atoms with Gasteiger partial charge >= 0.3 is 12.1 Å². The van der Waals surface area contributed by atoms with Gasteiger partial charge in [-0.15, -0.1) is 0 Å². The fraction of sp³-hybridized carbons (Fsp3) is 0.613. The molecule has 1 fully saturated rings. The third kappa shape index (κ3) is 8.95. The van der Waals surface area contributed by atoms with Gasteiger partial charge in [-0.2, -0.15) is 0 Å². The minimum absolute atomic E-state index is 0.0204. The van der Waals surface area contributed by atoms with Gasteiger partial charge in [-0.3, -0.25) is 14.5 Å². The highest BCUT2D eigenvalue weighted by atomic mass is 16.6. The van der Waals surface area contributed by atoms with Gasteiger partial charge in [0.2, 0.25) is 11.8 Å². The van der Waals surface area contributed by atoms with Crippen molar-refractivity contribution >= 4 is 34.8 Å². The lowest BCUT2D eigenvalue weighted by Crippen LogP contribution is -2.54. The smallest absolute Gasteiger partial charge is 0.412 e. The van der Waals surface area contributed by atoms with Crippen molar-refractivity contribution in [1.82, 2.24) is 20.5 Å². The summed E-state index contributed by atoms with van der Waals surface area (Å²) in [4.78, 5) is 56.8. The summed E-state index contributed by atoms with van der Waals surface area (Å²) >= 11 is 0. The van der Waals surface area contributed by atoms with Crippen LogP contribution < -0.4 is 10.6 Å². The van der Waals surface area contributed by atoms with Gasteiger partial charge in [0.1, 0.15) is 23.9 Å². The van der Waals surface area contributed by atoms with E-state index < -0.39 is 41.9 Å². The van der Waals surface area contributed by atoms with Crippen LogP contribution in [-0.2, 0) is 35.0 Å². The maximum atomic E-state index is 13.6. The van der Waals surface area contributed by atoms with Crippen LogP contribution in [0.4, 0.5) is 4.79 Å². The van der Waals surface area contributed by atoms with Crippen LogP contribution in [0.3, 0.4) is 0 Å². The molecule has 232 valence electrons. The number of benzene rings is 1. The van der Waals surface area contributed by atoms with Gasteiger partial charge in [0.15, 0.2) is 0 Å². The van der Waals surface area contributed by atoms with E-state index in [0.717, 1.165) is 22.0 Å². The highest BCUT2D eigenvalue weighted by Crippen LogP contribution is 2.22. The maximum Gasteiger partial charge on any atom is 0.412 e. The number of carbonyl (C=O) groups excluding carboxylic acids is 4. The molecule has 2 unspecified atom stereocenters. The van der Waals surface area contributed by atoms with E-state index in [4.69, 9.17) is 14.2 Å². The van der Waals surface area contributed by atoms with E-state index in [9.17, 15) is 19.2 Å². The van der Waals surface area contributed by atoms with Gasteiger partial charge in [-0.05, 0) is 57.7 Å². The normalized spacial score (nSPS) is 17.7. The zero-order chi connectivity index (χ0) is 31.0. The number of hydrogen-bond donors (Lipinski definition) is 3. The number of carbonyl (C=O) groups is 4. The lowest BCUT2D eigenvalue weighted by Gasteiger charge is -2.36. The Morgan fingerprint density at radius 3 is 2.60 bits per heavy atom. The Kier molecular flexibility index (Phi) is 11.4. The van der Waals surface area contributed by atoms with Crippen molar-refractivity contribution in [2.75, 3.05) is 20.3 Å². The number of fused-ring (bicyclic) bond motifs is 1. The number of hydrogen-bond acceptors (Lipinski definition) is 7. The van der Waals surface area contributed by atoms with Crippen LogP contribution in [0.5, 0.6) is 0 Å². The molecule has 42 heavy (non-hydrogen) atoms. The molecule has 3 rings (SSSR count). The third-order valence-electron chi connectivity index (χ3n) is 7.41. The van der Waals surface area contributed by atoms with E-state index in [0.29, 0.717) is 26.0 Å². The molecule has 4 atom stereocenters. The number of esters is 1. The minimum atomic E-state index is -0.956. The second-order valence-corrected chi connectivity index (χ2v) is 12.0. The van der Waals surface area contributed by atoms with Crippen LogP contribution in [0, 0.1) is 12.8 Å². The van der Waals surface area contributed by atoms with Crippen LogP contribution >= 0.6 is 0 Å². The van der Waals surface area contributed by atoms with E-state index in [1.54, 1.807) is 20.8 Å². The predicted molar refractivity (Wildman–Crippen MR) is 159 cm³/mol. The average Bonchev–Trinajstić information content (AvgIpc) is 3.34. The first-order valence-corrected chi connectivity index (χ1v) is 14.7. The Labute approximate surface area is 248 Å². The summed E-state index contributed by atoms with van der Waals surface area (Å²) in [6, 6.07) is 4.19. The highest BCUT2D eigenvalue weighted by Gasteiger charge is 2.33. The Bertz CT molecular complexity index is 1250. The van der Waals surface area contributed by atoms with Crippen molar-refractivity contribution in [3.63, 3.8) is 0 Å². The summed E-state index contributed by atoms with van der Waals surface area (Å²) in [5.41, 5.74) is 2.19. The summed E-state index contributed by atoms with van der Waals surface area (Å²) in [6.45, 7) is 12.1. The van der Waals surface area contributed by atoms with E-state index in [1.165, 1.54) is 12.0 Å². The predicted octanol–water partition coefficient (Wildman–Crippen LogP) is 3.97. The first-order valence-electron chi connectivity index (χ1n) is 14.7. The molecule has 0 radical (unpaired) electrons. The molecular formula is C31H46N4O7. The van der Waals surface area contributed by atoms with Gasteiger partial charge in [0.05, 0.1) is 13.7 Å². The largest absolute Gasteiger partial charge is 0.467 e. The van der Waals surface area contributed by atoms with Gasteiger partial charge in [0.25, 0.3) is 0 Å². The molecule has 11 heteroatoms. The summed E-state index contributed by atoms with van der Waals surface area (Å²) in [7, 11) is 1.28. The molecule has 3 amide bonds. The SMILES string of the molecule is CC[C@H](C)[C@H](NC(=O)C(Cc1c[nH]c2ccc(C)cc12)NC(=O)CCC1OCCCN1C(=O)OC(C)(C)C)C(=O)OC. The van der Waals surface area contributed by atoms with Crippen LogP contribution in [0.2, 0.25) is 0 Å². The first kappa shape index (κ1) is 32.9. The molecule has 0 saturated carbocycles. The molecule has 11 nitrogen and oxygen atoms in total. The van der Waals surface area contributed by atoms with Crippen molar-refractivity contribution in [2.45, 2.75) is 97.6 Å². The van der Waals surface area contributed by atoms with E-state index in [2.05, 4.69) is 15.6 Å². The molecule has 1 aliphatic rings. The summed E-state index contributed by atoms with van der Waals surface area (Å²) in [5.74, 6) is -1.56. The van der Waals surface area contributed by atoms with Gasteiger partial charge in [-0.1, -0.05) is 31.9 Å². The lowest BCUT2D eigenvalue weighted by molar-refractivity contribution is -0.147. The molecule has 0 aliphatic carbocycles. The molecular weight excluding hydrogens is 540 g/mol. The topological polar surface area (TPSA) is 139 Å². The number of aromatic amines is 1. The van der Waals surface area contributed by atoms with Crippen LogP contribution in [0.1, 0.15) is 71.4 Å². The third-order valence-corrected chi connectivity index (χ3v) is 7.41. The monoisotopic (exact) mass is 586 g/mol. The van der Waals surface area contributed by atoms with Crippen molar-refractivity contribution in [1.29, 1.82) is 0 Å². The van der Waals surface area contributed by atoms with Crippen LogP contribution in [0.15, 0.2) is 24.4 Å². The van der Waals surface area contributed by atoms with Gasteiger partial charge in [0, 0.05) is 42.9 Å². The van der Waals surface area contributed by atoms with E-state index >= 15 is 0 Å². The fourth-order valence-electron chi connectivity index (χ4n) is 4.92. The quantitative estimate of drug-likeness (QED) is 0.339. The Morgan fingerprint density at radius 1 is 1.19 bits per heavy atom. The molecule has 1 aromatic carbocycles. The van der Waals surface area contributed by atoms with Crippen molar-refractivity contribution < 1.29 is 33.4 Å². The number of nitrogens with zero attached hydrogens (tertiary/aromatic N) is 1. The average molecular weight is 587 g/mol. The number of methoxy groups -OCH3 is 1. The van der Waals surface area contributed by atoms with Crippen molar-refractivity contribution in [2.24, 2.45) is 5.92 Å². The van der Waals surface area contributed by atoms with Gasteiger partial charge in [-0.25, -0.2) is 9.59 Å². The molecule has 2 heterocycles. The number of aromatic nitrogens is 1. The Morgan fingerprint density at radius 2 is 1.93 bits per heavy atom. The van der Waals surface area contributed by atoms with E-state index in [1.807, 2.05) is 45.2 Å². The standard InChI is InChI=1S/C31H46N4O7/c1-8-20(3)27(29(38)40-7)34-28(37)24(17-21-18-32-23-11-10-19(2)16-22(21)23)33-25(36)12-13-26-35(14-9-15-41-26)30(39)42-31(4,5)6/h10-11,16,18,20,24,26-27,32H,8-9,12-15,17H2,1-7H3,(H,33,36)(H,34,37)/t20-,24?,26?,27-/m0/s1.